The Kier molecular flexibility index (Phi) is 4.53. The summed E-state index contributed by atoms with van der Waals surface area (Å²) >= 11 is 5.73. The van der Waals surface area contributed by atoms with Gasteiger partial charge in [-0.3, -0.25) is 4.79 Å². The second kappa shape index (κ2) is 6.35. The average molecular weight is 287 g/mol. The van der Waals surface area contributed by atoms with Gasteiger partial charge in [0.1, 0.15) is 5.82 Å². The van der Waals surface area contributed by atoms with Crippen LogP contribution in [0.25, 0.3) is 6.08 Å². The third kappa shape index (κ3) is 3.93. The monoisotopic (exact) mass is 286 g/mol. The summed E-state index contributed by atoms with van der Waals surface area (Å²) < 4.78 is 0. The lowest BCUT2D eigenvalue weighted by molar-refractivity contribution is -0.111. The molecule has 0 atom stereocenters. The molecule has 1 amide bonds. The van der Waals surface area contributed by atoms with Crippen molar-refractivity contribution in [3.05, 3.63) is 64.3 Å². The molecule has 0 bridgehead atoms. The highest BCUT2D eigenvalue weighted by Gasteiger charge is 2.00. The molecule has 102 valence electrons. The van der Waals surface area contributed by atoms with Crippen LogP contribution in [0.5, 0.6) is 0 Å². The number of nitrogens with one attached hydrogen (secondary N) is 1. The number of carbonyl (C=O) groups is 1. The number of pyridine rings is 1. The van der Waals surface area contributed by atoms with Crippen molar-refractivity contribution in [1.82, 2.24) is 4.98 Å². The van der Waals surface area contributed by atoms with E-state index in [0.717, 1.165) is 11.1 Å². The summed E-state index contributed by atoms with van der Waals surface area (Å²) in [7, 11) is 0. The third-order valence-electron chi connectivity index (χ3n) is 2.82. The van der Waals surface area contributed by atoms with E-state index in [1.807, 2.05) is 26.0 Å². The van der Waals surface area contributed by atoms with E-state index in [1.54, 1.807) is 18.2 Å². The van der Waals surface area contributed by atoms with Gasteiger partial charge in [0, 0.05) is 12.3 Å². The van der Waals surface area contributed by atoms with E-state index in [-0.39, 0.29) is 5.91 Å². The highest BCUT2D eigenvalue weighted by molar-refractivity contribution is 6.30. The average Bonchev–Trinajstić information content (AvgIpc) is 2.40. The van der Waals surface area contributed by atoms with E-state index >= 15 is 0 Å². The maximum Gasteiger partial charge on any atom is 0.249 e. The second-order valence-electron chi connectivity index (χ2n) is 4.54. The molecule has 1 N–H and O–H groups in total. The Labute approximate surface area is 123 Å². The van der Waals surface area contributed by atoms with Crippen LogP contribution in [0.4, 0.5) is 5.82 Å². The van der Waals surface area contributed by atoms with Crippen molar-refractivity contribution < 1.29 is 4.79 Å². The third-order valence-corrected chi connectivity index (χ3v) is 3.04. The molecule has 2 rings (SSSR count). The van der Waals surface area contributed by atoms with Crippen molar-refractivity contribution in [1.29, 1.82) is 0 Å². The van der Waals surface area contributed by atoms with Crippen LogP contribution in [0, 0.1) is 13.8 Å². The summed E-state index contributed by atoms with van der Waals surface area (Å²) in [5, 5.41) is 3.21. The Morgan fingerprint density at radius 2 is 2.05 bits per heavy atom. The molecule has 0 aliphatic heterocycles. The fraction of sp³-hybridized carbons (Fsp3) is 0.125. The summed E-state index contributed by atoms with van der Waals surface area (Å²) in [5.41, 5.74) is 3.36. The van der Waals surface area contributed by atoms with E-state index in [1.165, 1.54) is 17.8 Å². The van der Waals surface area contributed by atoms with Gasteiger partial charge in [-0.05, 0) is 43.2 Å². The molecule has 20 heavy (non-hydrogen) atoms. The minimum atomic E-state index is -0.222. The van der Waals surface area contributed by atoms with Gasteiger partial charge >= 0.3 is 0 Å². The van der Waals surface area contributed by atoms with E-state index < -0.39 is 0 Å². The number of aromatic nitrogens is 1. The van der Waals surface area contributed by atoms with E-state index in [4.69, 9.17) is 11.6 Å². The molecule has 3 nitrogen and oxygen atoms in total. The van der Waals surface area contributed by atoms with Crippen LogP contribution in [0.1, 0.15) is 16.7 Å². The highest BCUT2D eigenvalue weighted by atomic mass is 35.5. The van der Waals surface area contributed by atoms with Crippen LogP contribution in [0.15, 0.2) is 42.6 Å². The maximum absolute atomic E-state index is 11.8. The van der Waals surface area contributed by atoms with Crippen molar-refractivity contribution >= 4 is 29.4 Å². The van der Waals surface area contributed by atoms with Gasteiger partial charge in [-0.1, -0.05) is 35.4 Å². The Morgan fingerprint density at radius 1 is 1.25 bits per heavy atom. The summed E-state index contributed by atoms with van der Waals surface area (Å²) in [6.07, 6.45) is 4.78. The van der Waals surface area contributed by atoms with Crippen molar-refractivity contribution in [3.63, 3.8) is 0 Å². The molecule has 4 heteroatoms. The Morgan fingerprint density at radius 3 is 2.70 bits per heavy atom. The van der Waals surface area contributed by atoms with Crippen molar-refractivity contribution in [2.45, 2.75) is 13.8 Å². The number of hydrogen-bond acceptors (Lipinski definition) is 2. The number of rotatable bonds is 3. The second-order valence-corrected chi connectivity index (χ2v) is 4.98. The number of hydrogen-bond donors (Lipinski definition) is 1. The van der Waals surface area contributed by atoms with E-state index in [0.29, 0.717) is 10.8 Å². The van der Waals surface area contributed by atoms with Gasteiger partial charge in [0.15, 0.2) is 0 Å². The predicted octanol–water partition coefficient (Wildman–Crippen LogP) is 4.00. The Balaban J connectivity index is 2.03. The topological polar surface area (TPSA) is 42.0 Å². The van der Waals surface area contributed by atoms with Crippen LogP contribution >= 0.6 is 11.6 Å². The molecule has 2 aromatic rings. The lowest BCUT2D eigenvalue weighted by atomic mass is 10.1. The quantitative estimate of drug-likeness (QED) is 0.867. The maximum atomic E-state index is 11.8. The molecule has 0 aliphatic carbocycles. The molecule has 0 radical (unpaired) electrons. The summed E-state index contributed by atoms with van der Waals surface area (Å²) in [4.78, 5) is 15.8. The van der Waals surface area contributed by atoms with Gasteiger partial charge in [-0.15, -0.1) is 0 Å². The number of nitrogens with zero attached hydrogens (tertiary/aromatic N) is 1. The van der Waals surface area contributed by atoms with Gasteiger partial charge in [0.2, 0.25) is 5.91 Å². The van der Waals surface area contributed by atoms with Gasteiger partial charge in [0.05, 0.1) is 5.02 Å². The van der Waals surface area contributed by atoms with Crippen molar-refractivity contribution in [3.8, 4) is 0 Å². The Hall–Kier alpha value is -2.13. The number of benzene rings is 1. The summed E-state index contributed by atoms with van der Waals surface area (Å²) in [6.45, 7) is 4.06. The fourth-order valence-corrected chi connectivity index (χ4v) is 1.91. The number of halogens is 1. The van der Waals surface area contributed by atoms with Crippen LogP contribution in [0.2, 0.25) is 5.02 Å². The molecule has 0 saturated carbocycles. The molecule has 1 heterocycles. The molecule has 0 fully saturated rings. The van der Waals surface area contributed by atoms with Crippen LogP contribution < -0.4 is 5.32 Å². The van der Waals surface area contributed by atoms with Crippen molar-refractivity contribution in [2.75, 3.05) is 5.32 Å². The van der Waals surface area contributed by atoms with Crippen LogP contribution in [0.3, 0.4) is 0 Å². The van der Waals surface area contributed by atoms with Crippen LogP contribution in [-0.4, -0.2) is 10.9 Å². The molecule has 0 saturated heterocycles. The van der Waals surface area contributed by atoms with Crippen LogP contribution in [-0.2, 0) is 4.79 Å². The largest absolute Gasteiger partial charge is 0.307 e. The zero-order valence-electron chi connectivity index (χ0n) is 11.4. The zero-order valence-corrected chi connectivity index (χ0v) is 12.1. The first-order chi connectivity index (χ1) is 9.54. The summed E-state index contributed by atoms with van der Waals surface area (Å²) in [5.74, 6) is 0.254. The first kappa shape index (κ1) is 14.3. The number of carbonyl (C=O) groups excluding carboxylic acids is 1. The van der Waals surface area contributed by atoms with Gasteiger partial charge < -0.3 is 5.32 Å². The molecule has 0 unspecified atom stereocenters. The minimum Gasteiger partial charge on any atom is -0.307 e. The lowest BCUT2D eigenvalue weighted by Gasteiger charge is -2.02. The summed E-state index contributed by atoms with van der Waals surface area (Å²) in [6, 6.07) is 9.43. The standard InChI is InChI=1S/C16H15ClN2O/c1-11-3-4-13(12(2)9-11)5-8-16(20)19-15-7-6-14(17)10-18-15/h3-10H,1-2H3,(H,18,19,20)/b8-5+. The predicted molar refractivity (Wildman–Crippen MR) is 82.8 cm³/mol. The van der Waals surface area contributed by atoms with Gasteiger partial charge in [-0.2, -0.15) is 0 Å². The number of anilines is 1. The fourth-order valence-electron chi connectivity index (χ4n) is 1.80. The lowest BCUT2D eigenvalue weighted by Crippen LogP contribution is -2.08. The molecule has 0 aliphatic rings. The molecule has 0 spiro atoms. The van der Waals surface area contributed by atoms with E-state index in [9.17, 15) is 4.79 Å². The normalized spacial score (nSPS) is 10.8. The number of amides is 1. The molecular formula is C16H15ClN2O. The SMILES string of the molecule is Cc1ccc(/C=C/C(=O)Nc2ccc(Cl)cn2)c(C)c1. The smallest absolute Gasteiger partial charge is 0.249 e. The van der Waals surface area contributed by atoms with Crippen molar-refractivity contribution in [2.24, 2.45) is 0 Å². The molecular weight excluding hydrogens is 272 g/mol. The number of aryl methyl sites for hydroxylation is 2. The minimum absolute atomic E-state index is 0.222. The first-order valence-corrected chi connectivity index (χ1v) is 6.60. The van der Waals surface area contributed by atoms with Gasteiger partial charge in [-0.25, -0.2) is 4.98 Å². The molecule has 1 aromatic carbocycles. The van der Waals surface area contributed by atoms with E-state index in [2.05, 4.69) is 16.4 Å². The first-order valence-electron chi connectivity index (χ1n) is 6.22. The Bertz CT molecular complexity index is 648. The highest BCUT2D eigenvalue weighted by Crippen LogP contribution is 2.13. The zero-order chi connectivity index (χ0) is 14.5. The van der Waals surface area contributed by atoms with Gasteiger partial charge in [0.25, 0.3) is 0 Å². The molecule has 1 aromatic heterocycles.